The topological polar surface area (TPSA) is 35.2 Å². The molecule has 1 unspecified atom stereocenters. The van der Waals surface area contributed by atoms with Crippen LogP contribution in [0.5, 0.6) is 5.75 Å². The van der Waals surface area contributed by atoms with Crippen molar-refractivity contribution in [2.45, 2.75) is 39.8 Å². The second-order valence-corrected chi connectivity index (χ2v) is 6.10. The van der Waals surface area contributed by atoms with Crippen LogP contribution in [-0.2, 0) is 13.0 Å². The lowest BCUT2D eigenvalue weighted by Crippen LogP contribution is -2.18. The van der Waals surface area contributed by atoms with Crippen LogP contribution in [0.3, 0.4) is 0 Å². The van der Waals surface area contributed by atoms with Gasteiger partial charge in [0.15, 0.2) is 0 Å². The third kappa shape index (κ3) is 4.48. The predicted molar refractivity (Wildman–Crippen MR) is 89.1 cm³/mol. The fourth-order valence-corrected chi connectivity index (χ4v) is 2.75. The Morgan fingerprint density at radius 2 is 1.76 bits per heavy atom. The molecule has 2 rings (SSSR count). The lowest BCUT2D eigenvalue weighted by Gasteiger charge is -2.15. The fourth-order valence-electron chi connectivity index (χ4n) is 2.54. The van der Waals surface area contributed by atoms with Gasteiger partial charge in [-0.3, -0.25) is 0 Å². The molecule has 112 valence electrons. The van der Waals surface area contributed by atoms with E-state index in [0.29, 0.717) is 6.61 Å². The molecule has 0 saturated carbocycles. The minimum absolute atomic E-state index is 0.169. The van der Waals surface area contributed by atoms with Crippen LogP contribution in [0.4, 0.5) is 0 Å². The van der Waals surface area contributed by atoms with E-state index in [9.17, 15) is 0 Å². The Bertz CT molecular complexity index is 599. The molecule has 2 aromatic rings. The SMILES string of the molecule is Cc1cc(CC(C)N)cc(C)c1OCc1cccc(Cl)c1. The van der Waals surface area contributed by atoms with E-state index in [-0.39, 0.29) is 6.04 Å². The van der Waals surface area contributed by atoms with E-state index in [0.717, 1.165) is 33.9 Å². The maximum Gasteiger partial charge on any atom is 0.125 e. The van der Waals surface area contributed by atoms with Crippen molar-refractivity contribution in [2.24, 2.45) is 5.73 Å². The molecule has 0 aliphatic rings. The quantitative estimate of drug-likeness (QED) is 0.887. The molecular formula is C18H22ClNO. The van der Waals surface area contributed by atoms with E-state index >= 15 is 0 Å². The molecule has 0 spiro atoms. The smallest absolute Gasteiger partial charge is 0.125 e. The standard InChI is InChI=1S/C18H22ClNO/c1-12-7-16(9-14(3)20)8-13(2)18(12)21-11-15-5-4-6-17(19)10-15/h4-8,10,14H,9,11,20H2,1-3H3. The summed E-state index contributed by atoms with van der Waals surface area (Å²) in [5, 5.41) is 0.733. The van der Waals surface area contributed by atoms with E-state index in [1.54, 1.807) is 0 Å². The van der Waals surface area contributed by atoms with Crippen LogP contribution in [0.1, 0.15) is 29.2 Å². The molecule has 21 heavy (non-hydrogen) atoms. The predicted octanol–water partition coefficient (Wildman–Crippen LogP) is 4.43. The van der Waals surface area contributed by atoms with Gasteiger partial charge in [-0.25, -0.2) is 0 Å². The Morgan fingerprint density at radius 1 is 1.10 bits per heavy atom. The number of rotatable bonds is 5. The van der Waals surface area contributed by atoms with Crippen LogP contribution in [-0.4, -0.2) is 6.04 Å². The molecule has 0 aliphatic heterocycles. The molecule has 2 nitrogen and oxygen atoms in total. The minimum atomic E-state index is 0.169. The molecule has 0 saturated heterocycles. The van der Waals surface area contributed by atoms with Gasteiger partial charge < -0.3 is 10.5 Å². The van der Waals surface area contributed by atoms with Crippen LogP contribution >= 0.6 is 11.6 Å². The highest BCUT2D eigenvalue weighted by Gasteiger charge is 2.08. The summed E-state index contributed by atoms with van der Waals surface area (Å²) in [5.41, 5.74) is 10.5. The first-order valence-electron chi connectivity index (χ1n) is 7.18. The molecule has 0 amide bonds. The second-order valence-electron chi connectivity index (χ2n) is 5.66. The van der Waals surface area contributed by atoms with Gasteiger partial charge in [0, 0.05) is 11.1 Å². The lowest BCUT2D eigenvalue weighted by atomic mass is 10.0. The Hall–Kier alpha value is -1.51. The van der Waals surface area contributed by atoms with Gasteiger partial charge >= 0.3 is 0 Å². The van der Waals surface area contributed by atoms with Crippen LogP contribution in [0, 0.1) is 13.8 Å². The van der Waals surface area contributed by atoms with Gasteiger partial charge in [-0.2, -0.15) is 0 Å². The van der Waals surface area contributed by atoms with Crippen molar-refractivity contribution in [1.82, 2.24) is 0 Å². The molecule has 3 heteroatoms. The van der Waals surface area contributed by atoms with Gasteiger partial charge in [0.05, 0.1) is 0 Å². The number of halogens is 1. The minimum Gasteiger partial charge on any atom is -0.488 e. The van der Waals surface area contributed by atoms with Crippen molar-refractivity contribution in [2.75, 3.05) is 0 Å². The largest absolute Gasteiger partial charge is 0.488 e. The van der Waals surface area contributed by atoms with Gasteiger partial charge in [0.2, 0.25) is 0 Å². The summed E-state index contributed by atoms with van der Waals surface area (Å²) in [6, 6.07) is 12.2. The number of nitrogens with two attached hydrogens (primary N) is 1. The highest BCUT2D eigenvalue weighted by Crippen LogP contribution is 2.26. The van der Waals surface area contributed by atoms with Crippen LogP contribution in [0.2, 0.25) is 5.02 Å². The molecule has 0 fully saturated rings. The van der Waals surface area contributed by atoms with E-state index in [4.69, 9.17) is 22.1 Å². The Labute approximate surface area is 131 Å². The number of aryl methyl sites for hydroxylation is 2. The second kappa shape index (κ2) is 6.97. The van der Waals surface area contributed by atoms with Crippen LogP contribution < -0.4 is 10.5 Å². The number of hydrogen-bond acceptors (Lipinski definition) is 2. The van der Waals surface area contributed by atoms with Gasteiger partial charge in [-0.15, -0.1) is 0 Å². The summed E-state index contributed by atoms with van der Waals surface area (Å²) in [4.78, 5) is 0. The van der Waals surface area contributed by atoms with Crippen molar-refractivity contribution in [3.63, 3.8) is 0 Å². The maximum absolute atomic E-state index is 5.99. The van der Waals surface area contributed by atoms with Crippen molar-refractivity contribution in [3.05, 3.63) is 63.7 Å². The molecule has 1 atom stereocenters. The highest BCUT2D eigenvalue weighted by atomic mass is 35.5. The van der Waals surface area contributed by atoms with Crippen molar-refractivity contribution in [3.8, 4) is 5.75 Å². The molecule has 0 heterocycles. The summed E-state index contributed by atoms with van der Waals surface area (Å²) in [5.74, 6) is 0.948. The van der Waals surface area contributed by atoms with Crippen molar-refractivity contribution in [1.29, 1.82) is 0 Å². The highest BCUT2D eigenvalue weighted by molar-refractivity contribution is 6.30. The van der Waals surface area contributed by atoms with Gasteiger partial charge in [-0.1, -0.05) is 35.9 Å². The Morgan fingerprint density at radius 3 is 2.33 bits per heavy atom. The third-order valence-electron chi connectivity index (χ3n) is 3.35. The monoisotopic (exact) mass is 303 g/mol. The fraction of sp³-hybridized carbons (Fsp3) is 0.333. The maximum atomic E-state index is 5.99. The van der Waals surface area contributed by atoms with Crippen LogP contribution in [0.15, 0.2) is 36.4 Å². The summed E-state index contributed by atoms with van der Waals surface area (Å²) in [7, 11) is 0. The third-order valence-corrected chi connectivity index (χ3v) is 3.59. The Balaban J connectivity index is 2.13. The number of benzene rings is 2. The zero-order chi connectivity index (χ0) is 15.4. The first kappa shape index (κ1) is 15.9. The van der Waals surface area contributed by atoms with Gasteiger partial charge in [-0.05, 0) is 61.6 Å². The molecule has 0 bridgehead atoms. The van der Waals surface area contributed by atoms with Crippen molar-refractivity contribution >= 4 is 11.6 Å². The molecule has 0 radical (unpaired) electrons. The summed E-state index contributed by atoms with van der Waals surface area (Å²) in [6.45, 7) is 6.69. The van der Waals surface area contributed by atoms with E-state index in [2.05, 4.69) is 26.0 Å². The van der Waals surface area contributed by atoms with E-state index in [1.165, 1.54) is 5.56 Å². The number of ether oxygens (including phenoxy) is 1. The van der Waals surface area contributed by atoms with Gasteiger partial charge in [0.1, 0.15) is 12.4 Å². The van der Waals surface area contributed by atoms with E-state index in [1.807, 2.05) is 31.2 Å². The first-order valence-corrected chi connectivity index (χ1v) is 7.56. The molecule has 0 aromatic heterocycles. The molecule has 2 N–H and O–H groups in total. The Kier molecular flexibility index (Phi) is 5.27. The summed E-state index contributed by atoms with van der Waals surface area (Å²) in [6.07, 6.45) is 0.885. The first-order chi connectivity index (χ1) is 9.95. The average Bonchev–Trinajstić information content (AvgIpc) is 2.37. The molecule has 0 aliphatic carbocycles. The summed E-state index contributed by atoms with van der Waals surface area (Å²) < 4.78 is 5.98. The van der Waals surface area contributed by atoms with E-state index < -0.39 is 0 Å². The average molecular weight is 304 g/mol. The van der Waals surface area contributed by atoms with Gasteiger partial charge in [0.25, 0.3) is 0 Å². The molecular weight excluding hydrogens is 282 g/mol. The summed E-state index contributed by atoms with van der Waals surface area (Å²) >= 11 is 5.99. The number of hydrogen-bond donors (Lipinski definition) is 1. The normalized spacial score (nSPS) is 12.2. The zero-order valence-electron chi connectivity index (χ0n) is 12.8. The van der Waals surface area contributed by atoms with Crippen LogP contribution in [0.25, 0.3) is 0 Å². The molecule has 2 aromatic carbocycles. The lowest BCUT2D eigenvalue weighted by molar-refractivity contribution is 0.302. The van der Waals surface area contributed by atoms with Crippen molar-refractivity contribution < 1.29 is 4.74 Å². The zero-order valence-corrected chi connectivity index (χ0v) is 13.6.